The molecule has 1 heterocycles. The lowest BCUT2D eigenvalue weighted by molar-refractivity contribution is 0.915. The summed E-state index contributed by atoms with van der Waals surface area (Å²) >= 11 is 1.62. The maximum absolute atomic E-state index is 8.63. The molecule has 0 aliphatic rings. The van der Waals surface area contributed by atoms with Gasteiger partial charge in [0.05, 0.1) is 0 Å². The van der Waals surface area contributed by atoms with Crippen LogP contribution in [0.2, 0.25) is 0 Å². The molecule has 0 bridgehead atoms. The van der Waals surface area contributed by atoms with E-state index in [0.717, 1.165) is 10.8 Å². The average Bonchev–Trinajstić information content (AvgIpc) is 2.41. The zero-order chi connectivity index (χ0) is 13.0. The Morgan fingerprint density at radius 2 is 1.94 bits per heavy atom. The van der Waals surface area contributed by atoms with Crippen molar-refractivity contribution in [3.05, 3.63) is 52.7 Å². The first-order valence-corrected chi connectivity index (χ1v) is 6.60. The van der Waals surface area contributed by atoms with Gasteiger partial charge >= 0.3 is 0 Å². The fraction of sp³-hybridized carbons (Fsp3) is 0.214. The summed E-state index contributed by atoms with van der Waals surface area (Å²) in [5.74, 6) is 0.863. The van der Waals surface area contributed by atoms with Gasteiger partial charge < -0.3 is 0 Å². The van der Waals surface area contributed by atoms with Crippen LogP contribution in [0.1, 0.15) is 22.4 Å². The number of thioether (sulfide) groups is 1. The monoisotopic (exact) mass is 255 g/mol. The summed E-state index contributed by atoms with van der Waals surface area (Å²) in [6, 6.07) is 11.9. The van der Waals surface area contributed by atoms with E-state index in [9.17, 15) is 0 Å². The fourth-order valence-electron chi connectivity index (χ4n) is 1.51. The maximum atomic E-state index is 8.63. The molecule has 0 aliphatic heterocycles. The number of aryl methyl sites for hydroxylation is 2. The second-order valence-electron chi connectivity index (χ2n) is 4.08. The third-order valence-corrected chi connectivity index (χ3v) is 3.70. The molecular weight excluding hydrogens is 242 g/mol. The Bertz CT molecular complexity index is 585. The summed E-state index contributed by atoms with van der Waals surface area (Å²) < 4.78 is 0. The molecule has 0 amide bonds. The summed E-state index contributed by atoms with van der Waals surface area (Å²) in [5, 5.41) is 17.3. The van der Waals surface area contributed by atoms with Gasteiger partial charge in [0.15, 0.2) is 5.69 Å². The molecule has 18 heavy (non-hydrogen) atoms. The van der Waals surface area contributed by atoms with Crippen LogP contribution in [0.4, 0.5) is 0 Å². The lowest BCUT2D eigenvalue weighted by atomic mass is 10.1. The quantitative estimate of drug-likeness (QED) is 0.790. The van der Waals surface area contributed by atoms with Crippen molar-refractivity contribution in [3.8, 4) is 6.07 Å². The highest BCUT2D eigenvalue weighted by molar-refractivity contribution is 7.98. The summed E-state index contributed by atoms with van der Waals surface area (Å²) in [7, 11) is 0. The van der Waals surface area contributed by atoms with Crippen LogP contribution in [-0.4, -0.2) is 10.2 Å². The number of hydrogen-bond donors (Lipinski definition) is 0. The molecule has 3 nitrogen and oxygen atoms in total. The second kappa shape index (κ2) is 5.65. The molecule has 90 valence electrons. The number of nitriles is 1. The van der Waals surface area contributed by atoms with Crippen LogP contribution in [0.5, 0.6) is 0 Å². The first kappa shape index (κ1) is 12.6. The Kier molecular flexibility index (Phi) is 3.96. The van der Waals surface area contributed by atoms with Crippen molar-refractivity contribution in [2.24, 2.45) is 0 Å². The molecule has 0 spiro atoms. The lowest BCUT2D eigenvalue weighted by Crippen LogP contribution is -1.90. The normalized spacial score (nSPS) is 10.1. The number of rotatable bonds is 3. The van der Waals surface area contributed by atoms with Gasteiger partial charge in [0.25, 0.3) is 0 Å². The van der Waals surface area contributed by atoms with Crippen LogP contribution < -0.4 is 0 Å². The molecule has 0 aliphatic carbocycles. The van der Waals surface area contributed by atoms with Gasteiger partial charge in [-0.05, 0) is 42.7 Å². The summed E-state index contributed by atoms with van der Waals surface area (Å²) in [4.78, 5) is 0. The van der Waals surface area contributed by atoms with E-state index in [4.69, 9.17) is 5.26 Å². The van der Waals surface area contributed by atoms with E-state index in [1.54, 1.807) is 17.8 Å². The van der Waals surface area contributed by atoms with Gasteiger partial charge in [-0.15, -0.1) is 10.2 Å². The predicted molar refractivity (Wildman–Crippen MR) is 72.2 cm³/mol. The van der Waals surface area contributed by atoms with Crippen LogP contribution in [0.15, 0.2) is 35.4 Å². The SMILES string of the molecule is Cc1ccc(CSc2ccc(C#N)nn2)cc1C. The highest BCUT2D eigenvalue weighted by Gasteiger charge is 2.01. The average molecular weight is 255 g/mol. The minimum absolute atomic E-state index is 0.352. The smallest absolute Gasteiger partial charge is 0.163 e. The fourth-order valence-corrected chi connectivity index (χ4v) is 2.26. The van der Waals surface area contributed by atoms with Crippen molar-refractivity contribution in [2.45, 2.75) is 24.6 Å². The van der Waals surface area contributed by atoms with E-state index >= 15 is 0 Å². The molecule has 2 aromatic rings. The van der Waals surface area contributed by atoms with Gasteiger partial charge in [-0.3, -0.25) is 0 Å². The van der Waals surface area contributed by atoms with Gasteiger partial charge in [-0.1, -0.05) is 30.0 Å². The molecule has 1 aromatic heterocycles. The van der Waals surface area contributed by atoms with Crippen LogP contribution in [-0.2, 0) is 5.75 Å². The molecule has 0 atom stereocenters. The Labute approximate surface area is 111 Å². The maximum Gasteiger partial charge on any atom is 0.163 e. The first-order chi connectivity index (χ1) is 8.69. The minimum Gasteiger partial charge on any atom is -0.191 e. The number of benzene rings is 1. The molecule has 0 saturated heterocycles. The van der Waals surface area contributed by atoms with Crippen LogP contribution in [0.3, 0.4) is 0 Å². The Balaban J connectivity index is 2.02. The number of hydrogen-bond acceptors (Lipinski definition) is 4. The van der Waals surface area contributed by atoms with Gasteiger partial charge in [0, 0.05) is 5.75 Å². The lowest BCUT2D eigenvalue weighted by Gasteiger charge is -2.04. The summed E-state index contributed by atoms with van der Waals surface area (Å²) in [6.07, 6.45) is 0. The Morgan fingerprint density at radius 1 is 1.11 bits per heavy atom. The van der Waals surface area contributed by atoms with Gasteiger partial charge in [-0.2, -0.15) is 5.26 Å². The van der Waals surface area contributed by atoms with Crippen LogP contribution in [0.25, 0.3) is 0 Å². The third-order valence-electron chi connectivity index (χ3n) is 2.71. The first-order valence-electron chi connectivity index (χ1n) is 5.62. The van der Waals surface area contributed by atoms with Crippen LogP contribution >= 0.6 is 11.8 Å². The van der Waals surface area contributed by atoms with Gasteiger partial charge in [0.2, 0.25) is 0 Å². The topological polar surface area (TPSA) is 49.6 Å². The van der Waals surface area contributed by atoms with Crippen molar-refractivity contribution in [3.63, 3.8) is 0 Å². The highest BCUT2D eigenvalue weighted by atomic mass is 32.2. The van der Waals surface area contributed by atoms with E-state index in [-0.39, 0.29) is 0 Å². The minimum atomic E-state index is 0.352. The molecule has 0 N–H and O–H groups in total. The molecule has 0 radical (unpaired) electrons. The zero-order valence-electron chi connectivity index (χ0n) is 10.3. The van der Waals surface area contributed by atoms with Crippen molar-refractivity contribution >= 4 is 11.8 Å². The van der Waals surface area contributed by atoms with E-state index in [2.05, 4.69) is 42.2 Å². The van der Waals surface area contributed by atoms with Crippen molar-refractivity contribution in [1.82, 2.24) is 10.2 Å². The van der Waals surface area contributed by atoms with Gasteiger partial charge in [-0.25, -0.2) is 0 Å². The summed E-state index contributed by atoms with van der Waals surface area (Å²) in [5.41, 5.74) is 4.24. The van der Waals surface area contributed by atoms with Crippen LogP contribution in [0, 0.1) is 25.2 Å². The molecule has 0 unspecified atom stereocenters. The van der Waals surface area contributed by atoms with E-state index in [0.29, 0.717) is 5.69 Å². The molecular formula is C14H13N3S. The standard InChI is InChI=1S/C14H13N3S/c1-10-3-4-12(7-11(10)2)9-18-14-6-5-13(8-15)16-17-14/h3-7H,9H2,1-2H3. The molecule has 1 aromatic carbocycles. The Morgan fingerprint density at radius 3 is 2.56 bits per heavy atom. The Hall–Kier alpha value is -1.86. The predicted octanol–water partition coefficient (Wildman–Crippen LogP) is 3.26. The zero-order valence-corrected chi connectivity index (χ0v) is 11.2. The molecule has 4 heteroatoms. The summed E-state index contributed by atoms with van der Waals surface area (Å²) in [6.45, 7) is 4.23. The highest BCUT2D eigenvalue weighted by Crippen LogP contribution is 2.21. The van der Waals surface area contributed by atoms with Crippen molar-refractivity contribution in [1.29, 1.82) is 5.26 Å². The number of aromatic nitrogens is 2. The third kappa shape index (κ3) is 3.08. The van der Waals surface area contributed by atoms with Crippen molar-refractivity contribution in [2.75, 3.05) is 0 Å². The number of nitrogens with zero attached hydrogens (tertiary/aromatic N) is 3. The second-order valence-corrected chi connectivity index (χ2v) is 5.07. The van der Waals surface area contributed by atoms with E-state index < -0.39 is 0 Å². The largest absolute Gasteiger partial charge is 0.191 e. The van der Waals surface area contributed by atoms with Gasteiger partial charge in [0.1, 0.15) is 11.1 Å². The molecule has 0 fully saturated rings. The molecule has 0 saturated carbocycles. The van der Waals surface area contributed by atoms with Crippen molar-refractivity contribution < 1.29 is 0 Å². The van der Waals surface area contributed by atoms with E-state index in [1.165, 1.54) is 16.7 Å². The molecule has 2 rings (SSSR count). The van der Waals surface area contributed by atoms with E-state index in [1.807, 2.05) is 12.1 Å².